The van der Waals surface area contributed by atoms with Gasteiger partial charge in [0, 0.05) is 65.0 Å². The van der Waals surface area contributed by atoms with E-state index in [4.69, 9.17) is 16.6 Å². The van der Waals surface area contributed by atoms with Crippen molar-refractivity contribution in [2.45, 2.75) is 263 Å². The molecule has 1 unspecified atom stereocenters. The number of hydrogen-bond acceptors (Lipinski definition) is 25. The summed E-state index contributed by atoms with van der Waals surface area (Å²) in [7, 11) is 5.15. The minimum absolute atomic E-state index is 0.0874. The number of likely N-dealkylation sites (N-methyl/N-ethyl adjacent to an activating group) is 3. The molecule has 750 valence electrons. The first-order valence-corrected chi connectivity index (χ1v) is 53.1. The van der Waals surface area contributed by atoms with Crippen LogP contribution in [-0.4, -0.2) is 218 Å². The molecule has 13 N–H and O–H groups in total. The van der Waals surface area contributed by atoms with Crippen molar-refractivity contribution in [3.8, 4) is 44.8 Å². The number of para-hydroxylation sites is 1. The van der Waals surface area contributed by atoms with Crippen LogP contribution in [0.25, 0.3) is 55.0 Å². The van der Waals surface area contributed by atoms with E-state index in [1.807, 2.05) is 155 Å². The predicted octanol–water partition coefficient (Wildman–Crippen LogP) is 14.6. The maximum absolute atomic E-state index is 14.0. The second-order valence-electron chi connectivity index (χ2n) is 38.5. The fraction of sp³-hybridized carbons (Fsp3) is 0.515. The fourth-order valence-corrected chi connectivity index (χ4v) is 22.1. The predicted molar refractivity (Wildman–Crippen MR) is 555 cm³/mol. The molecule has 3 aliphatic heterocycles. The van der Waals surface area contributed by atoms with E-state index in [0.717, 1.165) is 176 Å². The van der Waals surface area contributed by atoms with Gasteiger partial charge in [-0.05, 0) is 198 Å². The molecule has 11 atom stereocenters. The number of anilines is 4. The number of amides is 11. The van der Waals surface area contributed by atoms with E-state index in [-0.39, 0.29) is 94.8 Å². The number of carbonyl (C=O) groups excluding carboxylic acids is 11. The smallest absolute Gasteiger partial charge is 0.261 e. The Kier molecular flexibility index (Phi) is 39.1. The van der Waals surface area contributed by atoms with Crippen LogP contribution in [0.1, 0.15) is 196 Å². The second-order valence-corrected chi connectivity index (χ2v) is 42.8. The molecule has 11 amide bonds. The molecule has 7 heterocycles. The third-order valence-electron chi connectivity index (χ3n) is 27.6. The quantitative estimate of drug-likeness (QED) is 0.0170. The van der Waals surface area contributed by atoms with Gasteiger partial charge >= 0.3 is 0 Å². The number of hydrogen-bond donors (Lipinski definition) is 13. The highest BCUT2D eigenvalue weighted by Crippen LogP contribution is 2.42. The third kappa shape index (κ3) is 28.5. The maximum Gasteiger partial charge on any atom is 0.261 e. The van der Waals surface area contributed by atoms with Gasteiger partial charge in [-0.15, -0.1) is 21.5 Å². The Bertz CT molecular complexity index is 5630. The van der Waals surface area contributed by atoms with Gasteiger partial charge in [-0.3, -0.25) is 63.6 Å². The van der Waals surface area contributed by atoms with E-state index in [1.165, 1.54) is 41.9 Å². The highest BCUT2D eigenvalue weighted by Gasteiger charge is 2.47. The molecule has 7 fully saturated rings. The van der Waals surface area contributed by atoms with Crippen molar-refractivity contribution in [1.29, 1.82) is 0 Å². The standard InChI is InChI=1S/C28H38N6O3S.C27H35ClN4O3S.C25H31N5O2S.C23H32N6O3S/c1-18(29-17-19-14-15-19)25(35)30-24(21-11-6-3-7-12-21)28(37)34-16-8-13-22(34)26(36)31-27-23(32-33-38-27)20-9-4-2-5-10-20;1-17(29-2)24(33)30-23(19-12-7-4-8-13-19)27(35)32-15-9-14-21(32)25(34)31-26-20(16-22(28)36-26)18-10-5-3-6-11-18;1-16(26-2)23(31)27-21(18-12-7-4-8-13-18)24(32)29-30-25-28-22-19(14-9-15-20(22)33-25)17-10-5-3-6-11-17;1-14(24-5)19(30)25-18(23(2,3)4)22(32)29-13-9-12-16(29)20(31)26-21-17(27-28-33-21)15-10-7-6-8-11-15/h2,4-5,9-10,18-19,21-22,24,29H,3,6-8,11-17H2,1H3,(H,30,35)(H,31,36);3,5-6,10-11,16-17,19,21,23,29H,4,7-9,12-15H2,1-2H3,(H,30,33)(H,31,34);3,5-6,9-11,14-16,18,21,26H,4,7-8,12-13H2,1-2H3,(H,27,31)(H,28,30)(H,29,32);6-8,10-11,14,16,18,24H,9,12-13H2,1-5H3,(H,25,30)(H,26,31)/t18?,22-,24-;17-,21-,23-;16-,21-;14-,16-,18+/m0000/s1. The van der Waals surface area contributed by atoms with E-state index in [0.29, 0.717) is 87.1 Å². The largest absolute Gasteiger partial charge is 0.343 e. The van der Waals surface area contributed by atoms with Crippen LogP contribution in [0.2, 0.25) is 4.34 Å². The molecule has 0 radical (unpaired) electrons. The lowest BCUT2D eigenvalue weighted by atomic mass is 9.83. The molecule has 7 aliphatic rings. The third-order valence-corrected chi connectivity index (χ3v) is 31.0. The van der Waals surface area contributed by atoms with Gasteiger partial charge in [0.1, 0.15) is 68.7 Å². The van der Waals surface area contributed by atoms with Crippen molar-refractivity contribution in [2.24, 2.45) is 29.1 Å². The molecule has 37 heteroatoms. The SMILES string of the molecule is CC(NCC1CC1)C(=O)N[C@H](C(=O)N1CCC[C@H]1C(=O)Nc1snnc1-c1ccccc1)C1CCCCC1.CN[C@@H](C)C(=O)N[C@H](C(=O)N1CCC[C@H]1C(=O)Nc1sc(Cl)cc1-c1ccccc1)C1CCCCC1.CN[C@@H](C)C(=O)N[C@H](C(=O)N1CCC[C@H]1C(=O)Nc1snnc1-c1ccccc1)C(C)(C)C.CN[C@@H](C)C(=O)N[C@H](C(=O)NNc1nc2c(-c3ccccc3)cccc2s1)C1CCCCC1. The van der Waals surface area contributed by atoms with Crippen molar-refractivity contribution in [1.82, 2.24) is 86.8 Å². The Morgan fingerprint density at radius 1 is 0.407 bits per heavy atom. The molecule has 4 saturated carbocycles. The lowest BCUT2D eigenvalue weighted by Gasteiger charge is -2.35. The highest BCUT2D eigenvalue weighted by molar-refractivity contribution is 7.22. The molecule has 4 aliphatic carbocycles. The van der Waals surface area contributed by atoms with Crippen LogP contribution in [0.4, 0.5) is 20.1 Å². The lowest BCUT2D eigenvalue weighted by Crippen LogP contribution is -2.59. The van der Waals surface area contributed by atoms with Crippen molar-refractivity contribution in [3.63, 3.8) is 0 Å². The van der Waals surface area contributed by atoms with Crippen LogP contribution in [0.15, 0.2) is 146 Å². The summed E-state index contributed by atoms with van der Waals surface area (Å²) in [6.45, 7) is 15.2. The molecule has 16 rings (SSSR count). The van der Waals surface area contributed by atoms with E-state index in [1.54, 1.807) is 56.6 Å². The number of carbonyl (C=O) groups is 11. The van der Waals surface area contributed by atoms with Gasteiger partial charge in [-0.2, -0.15) is 0 Å². The van der Waals surface area contributed by atoms with E-state index < -0.39 is 59.8 Å². The lowest BCUT2D eigenvalue weighted by molar-refractivity contribution is -0.143. The Morgan fingerprint density at radius 2 is 0.793 bits per heavy atom. The molecule has 0 bridgehead atoms. The first-order chi connectivity index (χ1) is 67.6. The second kappa shape index (κ2) is 51.5. The number of fused-ring (bicyclic) bond motifs is 1. The zero-order valence-electron chi connectivity index (χ0n) is 81.7. The van der Waals surface area contributed by atoms with Crippen molar-refractivity contribution < 1.29 is 52.7 Å². The molecular formula is C103H136ClN21O11S4. The summed E-state index contributed by atoms with van der Waals surface area (Å²) in [5.41, 5.74) is 13.1. The summed E-state index contributed by atoms with van der Waals surface area (Å²) >= 11 is 11.3. The summed E-state index contributed by atoms with van der Waals surface area (Å²) in [4.78, 5) is 155. The Morgan fingerprint density at radius 3 is 1.21 bits per heavy atom. The van der Waals surface area contributed by atoms with Crippen molar-refractivity contribution in [3.05, 3.63) is 150 Å². The molecule has 4 aromatic heterocycles. The summed E-state index contributed by atoms with van der Waals surface area (Å²) in [6.07, 6.45) is 21.8. The van der Waals surface area contributed by atoms with Crippen LogP contribution in [-0.2, 0) is 52.7 Å². The number of aromatic nitrogens is 5. The maximum atomic E-state index is 14.0. The first-order valence-electron chi connectivity index (χ1n) is 49.5. The number of rotatable bonds is 33. The Labute approximate surface area is 841 Å². The average molecular weight is 2010 g/mol. The number of halogens is 1. The minimum atomic E-state index is -0.751. The summed E-state index contributed by atoms with van der Waals surface area (Å²) < 4.78 is 9.66. The van der Waals surface area contributed by atoms with Crippen LogP contribution >= 0.6 is 57.3 Å². The summed E-state index contributed by atoms with van der Waals surface area (Å²) in [6, 6.07) is 41.1. The van der Waals surface area contributed by atoms with Crippen molar-refractivity contribution >= 4 is 153 Å². The normalized spacial score (nSPS) is 19.1. The monoisotopic (exact) mass is 2010 g/mol. The van der Waals surface area contributed by atoms with Gasteiger partial charge in [0.2, 0.25) is 64.2 Å². The van der Waals surface area contributed by atoms with E-state index in [2.05, 4.69) is 107 Å². The van der Waals surface area contributed by atoms with E-state index >= 15 is 0 Å². The Balaban J connectivity index is 0.000000157. The first kappa shape index (κ1) is 106. The minimum Gasteiger partial charge on any atom is -0.343 e. The van der Waals surface area contributed by atoms with Gasteiger partial charge in [-0.25, -0.2) is 4.98 Å². The van der Waals surface area contributed by atoms with Crippen LogP contribution in [0.3, 0.4) is 0 Å². The molecular weight excluding hydrogens is 1870 g/mol. The molecule has 140 heavy (non-hydrogen) atoms. The Hall–Kier alpha value is -11.1. The average Bonchev–Trinajstić information content (AvgIpc) is 1.61. The number of nitrogens with zero attached hydrogens (tertiary/aromatic N) is 8. The molecule has 3 saturated heterocycles. The number of nitrogens with one attached hydrogen (secondary N) is 13. The zero-order valence-corrected chi connectivity index (χ0v) is 85.7. The van der Waals surface area contributed by atoms with Gasteiger partial charge in [0.15, 0.2) is 0 Å². The van der Waals surface area contributed by atoms with Gasteiger partial charge in [0.05, 0.1) is 38.7 Å². The molecule has 32 nitrogen and oxygen atoms in total. The number of thiazole rings is 1. The highest BCUT2D eigenvalue weighted by atomic mass is 35.5. The zero-order chi connectivity index (χ0) is 99.5. The number of thiophene rings is 1. The van der Waals surface area contributed by atoms with Crippen LogP contribution in [0.5, 0.6) is 0 Å². The van der Waals surface area contributed by atoms with Crippen LogP contribution in [0, 0.1) is 29.1 Å². The molecule has 5 aromatic carbocycles. The van der Waals surface area contributed by atoms with Gasteiger partial charge in [-0.1, -0.05) is 244 Å². The molecule has 9 aromatic rings. The fourth-order valence-electron chi connectivity index (χ4n) is 18.9. The van der Waals surface area contributed by atoms with Crippen LogP contribution < -0.4 is 69.3 Å². The number of benzene rings is 5. The van der Waals surface area contributed by atoms with E-state index in [9.17, 15) is 52.7 Å². The number of likely N-dealkylation sites (tertiary alicyclic amines) is 3. The topological polar surface area (TPSA) is 418 Å². The summed E-state index contributed by atoms with van der Waals surface area (Å²) in [5, 5.41) is 43.8. The van der Waals surface area contributed by atoms with Crippen molar-refractivity contribution in [2.75, 3.05) is 68.7 Å². The summed E-state index contributed by atoms with van der Waals surface area (Å²) in [5.74, 6) is -1.26. The number of hydrazine groups is 1. The van der Waals surface area contributed by atoms with Gasteiger partial charge in [0.25, 0.3) is 5.91 Å². The molecule has 0 spiro atoms. The van der Waals surface area contributed by atoms with Gasteiger partial charge < -0.3 is 73.2 Å².